The molecule has 1 aromatic carbocycles. The number of hydrogen-bond acceptors (Lipinski definition) is 3. The number of methoxy groups -OCH3 is 1. The molecule has 1 aliphatic rings. The molecule has 0 bridgehead atoms. The van der Waals surface area contributed by atoms with E-state index < -0.39 is 0 Å². The molecular weight excluding hydrogens is 246 g/mol. The average molecular weight is 263 g/mol. The van der Waals surface area contributed by atoms with Crippen molar-refractivity contribution < 1.29 is 9.53 Å². The van der Waals surface area contributed by atoms with E-state index in [0.29, 0.717) is 12.3 Å². The van der Waals surface area contributed by atoms with Crippen molar-refractivity contribution >= 4 is 17.7 Å². The molecule has 1 unspecified atom stereocenters. The first-order valence-corrected chi connectivity index (χ1v) is 6.86. The molecular formula is C14H17NO2S. The van der Waals surface area contributed by atoms with Crippen molar-refractivity contribution in [2.45, 2.75) is 12.3 Å². The Morgan fingerprint density at radius 2 is 2.17 bits per heavy atom. The Hall–Kier alpha value is -1.42. The smallest absolute Gasteiger partial charge is 0.234 e. The standard InChI is InChI=1S/C14H17NO2S/c1-10(2)8-15-13(16)9-18-14(15)11-4-6-12(17-3)7-5-11/h4-7,14H,1,8-9H2,2-3H3. The van der Waals surface area contributed by atoms with Gasteiger partial charge < -0.3 is 9.64 Å². The first-order valence-electron chi connectivity index (χ1n) is 5.81. The Labute approximate surface area is 112 Å². The normalized spacial score (nSPS) is 19.1. The van der Waals surface area contributed by atoms with Crippen LogP contribution in [0.15, 0.2) is 36.4 Å². The highest BCUT2D eigenvalue weighted by atomic mass is 32.2. The van der Waals surface area contributed by atoms with Crippen molar-refractivity contribution in [1.82, 2.24) is 4.90 Å². The maximum Gasteiger partial charge on any atom is 0.234 e. The van der Waals surface area contributed by atoms with Gasteiger partial charge in [-0.2, -0.15) is 0 Å². The van der Waals surface area contributed by atoms with Gasteiger partial charge in [-0.05, 0) is 24.6 Å². The average Bonchev–Trinajstić information content (AvgIpc) is 2.71. The van der Waals surface area contributed by atoms with Crippen LogP contribution in [0, 0.1) is 0 Å². The number of rotatable bonds is 4. The van der Waals surface area contributed by atoms with E-state index in [4.69, 9.17) is 4.74 Å². The third kappa shape index (κ3) is 2.70. The van der Waals surface area contributed by atoms with E-state index in [9.17, 15) is 4.79 Å². The summed E-state index contributed by atoms with van der Waals surface area (Å²) in [6.45, 7) is 6.46. The lowest BCUT2D eigenvalue weighted by molar-refractivity contribution is -0.127. The van der Waals surface area contributed by atoms with Crippen LogP contribution in [0.3, 0.4) is 0 Å². The quantitative estimate of drug-likeness (QED) is 0.782. The molecule has 1 aliphatic heterocycles. The summed E-state index contributed by atoms with van der Waals surface area (Å²) in [4.78, 5) is 13.7. The van der Waals surface area contributed by atoms with Gasteiger partial charge in [0, 0.05) is 6.54 Å². The second kappa shape index (κ2) is 5.48. The molecule has 1 fully saturated rings. The molecule has 3 nitrogen and oxygen atoms in total. The number of carbonyl (C=O) groups is 1. The van der Waals surface area contributed by atoms with Crippen molar-refractivity contribution in [3.8, 4) is 5.75 Å². The Balaban J connectivity index is 2.19. The van der Waals surface area contributed by atoms with Gasteiger partial charge in [0.1, 0.15) is 11.1 Å². The number of thioether (sulfide) groups is 1. The highest BCUT2D eigenvalue weighted by molar-refractivity contribution is 8.00. The van der Waals surface area contributed by atoms with Crippen LogP contribution in [0.2, 0.25) is 0 Å². The van der Waals surface area contributed by atoms with Gasteiger partial charge >= 0.3 is 0 Å². The summed E-state index contributed by atoms with van der Waals surface area (Å²) in [5, 5.41) is 0.0973. The summed E-state index contributed by atoms with van der Waals surface area (Å²) in [5.74, 6) is 1.56. The number of hydrogen-bond donors (Lipinski definition) is 0. The van der Waals surface area contributed by atoms with Crippen LogP contribution in [0.25, 0.3) is 0 Å². The lowest BCUT2D eigenvalue weighted by Crippen LogP contribution is -2.29. The van der Waals surface area contributed by atoms with E-state index in [0.717, 1.165) is 16.9 Å². The summed E-state index contributed by atoms with van der Waals surface area (Å²) < 4.78 is 5.14. The highest BCUT2D eigenvalue weighted by Crippen LogP contribution is 2.39. The molecule has 1 aromatic rings. The number of ether oxygens (including phenoxy) is 1. The third-order valence-electron chi connectivity index (χ3n) is 2.81. The molecule has 2 rings (SSSR count). The van der Waals surface area contributed by atoms with Gasteiger partial charge in [-0.1, -0.05) is 24.3 Å². The van der Waals surface area contributed by atoms with Gasteiger partial charge in [-0.3, -0.25) is 4.79 Å². The maximum atomic E-state index is 11.9. The minimum absolute atomic E-state index is 0.0973. The summed E-state index contributed by atoms with van der Waals surface area (Å²) in [6, 6.07) is 7.89. The van der Waals surface area contributed by atoms with Crippen LogP contribution >= 0.6 is 11.8 Å². The van der Waals surface area contributed by atoms with E-state index in [1.807, 2.05) is 36.1 Å². The molecule has 0 aromatic heterocycles. The molecule has 0 aliphatic carbocycles. The van der Waals surface area contributed by atoms with Crippen LogP contribution in [-0.4, -0.2) is 30.2 Å². The molecule has 0 N–H and O–H groups in total. The van der Waals surface area contributed by atoms with E-state index >= 15 is 0 Å². The predicted octanol–water partition coefficient (Wildman–Crippen LogP) is 2.85. The summed E-state index contributed by atoms with van der Waals surface area (Å²) >= 11 is 1.66. The Bertz CT molecular complexity index is 455. The molecule has 1 heterocycles. The minimum Gasteiger partial charge on any atom is -0.497 e. The highest BCUT2D eigenvalue weighted by Gasteiger charge is 2.32. The number of benzene rings is 1. The van der Waals surface area contributed by atoms with E-state index in [1.54, 1.807) is 18.9 Å². The van der Waals surface area contributed by atoms with E-state index in [2.05, 4.69) is 6.58 Å². The van der Waals surface area contributed by atoms with Crippen LogP contribution in [0.1, 0.15) is 17.9 Å². The summed E-state index contributed by atoms with van der Waals surface area (Å²) in [7, 11) is 1.65. The third-order valence-corrected chi connectivity index (χ3v) is 4.07. The van der Waals surface area contributed by atoms with Crippen molar-refractivity contribution in [2.24, 2.45) is 0 Å². The van der Waals surface area contributed by atoms with Gasteiger partial charge in [0.15, 0.2) is 0 Å². The van der Waals surface area contributed by atoms with Gasteiger partial charge in [-0.25, -0.2) is 0 Å². The molecule has 96 valence electrons. The zero-order valence-electron chi connectivity index (χ0n) is 10.7. The van der Waals surface area contributed by atoms with E-state index in [-0.39, 0.29) is 11.3 Å². The second-order valence-electron chi connectivity index (χ2n) is 4.42. The Kier molecular flexibility index (Phi) is 3.97. The topological polar surface area (TPSA) is 29.5 Å². The predicted molar refractivity (Wildman–Crippen MR) is 74.7 cm³/mol. The van der Waals surface area contributed by atoms with Crippen LogP contribution in [0.5, 0.6) is 5.75 Å². The van der Waals surface area contributed by atoms with Gasteiger partial charge in [0.25, 0.3) is 0 Å². The zero-order valence-corrected chi connectivity index (χ0v) is 11.5. The van der Waals surface area contributed by atoms with Crippen molar-refractivity contribution in [1.29, 1.82) is 0 Å². The van der Waals surface area contributed by atoms with Crippen LogP contribution < -0.4 is 4.74 Å². The molecule has 4 heteroatoms. The number of nitrogens with zero attached hydrogens (tertiary/aromatic N) is 1. The SMILES string of the molecule is C=C(C)CN1C(=O)CSC1c1ccc(OC)cc1. The van der Waals surface area contributed by atoms with Gasteiger partial charge in [-0.15, -0.1) is 11.8 Å². The maximum absolute atomic E-state index is 11.9. The van der Waals surface area contributed by atoms with Crippen molar-refractivity contribution in [3.63, 3.8) is 0 Å². The van der Waals surface area contributed by atoms with E-state index in [1.165, 1.54) is 0 Å². The molecule has 1 amide bonds. The van der Waals surface area contributed by atoms with Gasteiger partial charge in [0.2, 0.25) is 5.91 Å². The lowest BCUT2D eigenvalue weighted by Gasteiger charge is -2.24. The lowest BCUT2D eigenvalue weighted by atomic mass is 10.2. The van der Waals surface area contributed by atoms with Crippen LogP contribution in [-0.2, 0) is 4.79 Å². The monoisotopic (exact) mass is 263 g/mol. The number of carbonyl (C=O) groups excluding carboxylic acids is 1. The Morgan fingerprint density at radius 1 is 1.50 bits per heavy atom. The second-order valence-corrected chi connectivity index (χ2v) is 5.48. The zero-order chi connectivity index (χ0) is 13.1. The van der Waals surface area contributed by atoms with Gasteiger partial charge in [0.05, 0.1) is 12.9 Å². The molecule has 0 radical (unpaired) electrons. The molecule has 18 heavy (non-hydrogen) atoms. The molecule has 0 saturated carbocycles. The van der Waals surface area contributed by atoms with Crippen LogP contribution in [0.4, 0.5) is 0 Å². The molecule has 1 atom stereocenters. The first-order chi connectivity index (χ1) is 8.61. The fourth-order valence-corrected chi connectivity index (χ4v) is 3.15. The molecule has 0 spiro atoms. The molecule has 1 saturated heterocycles. The number of amides is 1. The fourth-order valence-electron chi connectivity index (χ4n) is 1.96. The van der Waals surface area contributed by atoms with Crippen molar-refractivity contribution in [2.75, 3.05) is 19.4 Å². The fraction of sp³-hybridized carbons (Fsp3) is 0.357. The summed E-state index contributed by atoms with van der Waals surface area (Å²) in [6.07, 6.45) is 0. The summed E-state index contributed by atoms with van der Waals surface area (Å²) in [5.41, 5.74) is 2.14. The first kappa shape index (κ1) is 13.0. The Morgan fingerprint density at radius 3 is 2.72 bits per heavy atom. The minimum atomic E-state index is 0.0973. The van der Waals surface area contributed by atoms with Crippen molar-refractivity contribution in [3.05, 3.63) is 42.0 Å². The largest absolute Gasteiger partial charge is 0.497 e.